The highest BCUT2D eigenvalue weighted by Crippen LogP contribution is 2.39. The van der Waals surface area contributed by atoms with E-state index in [1.165, 1.54) is 26.0 Å². The van der Waals surface area contributed by atoms with E-state index in [2.05, 4.69) is 11.9 Å². The van der Waals surface area contributed by atoms with Crippen molar-refractivity contribution in [3.63, 3.8) is 0 Å². The van der Waals surface area contributed by atoms with Crippen LogP contribution in [0.1, 0.15) is 50.5 Å². The molecule has 6 aliphatic rings. The molecule has 0 aliphatic carbocycles. The maximum absolute atomic E-state index is 12.6. The number of nitro groups is 1. The number of nitrogens with one attached hydrogen (secondary N) is 1. The van der Waals surface area contributed by atoms with Crippen molar-refractivity contribution in [2.45, 2.75) is 38.0 Å². The van der Waals surface area contributed by atoms with Gasteiger partial charge in [0.2, 0.25) is 5.91 Å². The minimum Gasteiger partial charge on any atom is -0.457 e. The summed E-state index contributed by atoms with van der Waals surface area (Å²) in [6.45, 7) is 6.56. The number of benzene rings is 3. The van der Waals surface area contributed by atoms with E-state index in [-0.39, 0.29) is 22.7 Å². The fraction of sp³-hybridized carbons (Fsp3) is 0.194. The van der Waals surface area contributed by atoms with Gasteiger partial charge >= 0.3 is 12.1 Å². The molecule has 0 saturated carbocycles. The van der Waals surface area contributed by atoms with Crippen molar-refractivity contribution in [2.75, 3.05) is 0 Å². The molecule has 3 atom stereocenters. The smallest absolute Gasteiger partial charge is 0.338 e. The lowest BCUT2D eigenvalue weighted by Gasteiger charge is -2.47. The van der Waals surface area contributed by atoms with Crippen LogP contribution >= 0.6 is 11.9 Å². The zero-order chi connectivity index (χ0) is 32.4. The van der Waals surface area contributed by atoms with Crippen molar-refractivity contribution in [3.05, 3.63) is 117 Å². The minimum atomic E-state index is -1.54. The van der Waals surface area contributed by atoms with Crippen LogP contribution in [0.2, 0.25) is 0 Å². The Labute approximate surface area is 261 Å². The molecule has 230 valence electrons. The van der Waals surface area contributed by atoms with E-state index in [0.29, 0.717) is 24.1 Å². The van der Waals surface area contributed by atoms with Gasteiger partial charge in [-0.05, 0) is 60.8 Å². The Hall–Kier alpha value is -5.50. The molecule has 3 aromatic rings. The van der Waals surface area contributed by atoms with Gasteiger partial charge in [-0.15, -0.1) is 0 Å². The lowest BCUT2D eigenvalue weighted by atomic mass is 10.0. The molecule has 1 saturated heterocycles. The van der Waals surface area contributed by atoms with Gasteiger partial charge in [-0.3, -0.25) is 34.2 Å². The summed E-state index contributed by atoms with van der Waals surface area (Å²) in [6.07, 6.45) is -1.54. The zero-order valence-corrected chi connectivity index (χ0v) is 24.8. The molecule has 45 heavy (non-hydrogen) atoms. The van der Waals surface area contributed by atoms with Gasteiger partial charge in [-0.1, -0.05) is 36.9 Å². The van der Waals surface area contributed by atoms with Crippen molar-refractivity contribution in [1.82, 2.24) is 14.5 Å². The highest BCUT2D eigenvalue weighted by molar-refractivity contribution is 7.98. The summed E-state index contributed by atoms with van der Waals surface area (Å²) in [7, 11) is 0. The fourth-order valence-electron chi connectivity index (χ4n) is 4.75. The van der Waals surface area contributed by atoms with E-state index >= 15 is 0 Å². The Morgan fingerprint density at radius 1 is 0.978 bits per heavy atom. The summed E-state index contributed by atoms with van der Waals surface area (Å²) in [5.74, 6) is -0.623. The summed E-state index contributed by atoms with van der Waals surface area (Å²) >= 11 is 0.671. The lowest BCUT2D eigenvalue weighted by Crippen LogP contribution is -2.73. The van der Waals surface area contributed by atoms with Crippen molar-refractivity contribution in [1.29, 1.82) is 0 Å². The molecule has 0 aromatic heterocycles. The van der Waals surface area contributed by atoms with Gasteiger partial charge in [0.15, 0.2) is 0 Å². The summed E-state index contributed by atoms with van der Waals surface area (Å²) in [6, 6.07) is 20.3. The highest BCUT2D eigenvalue weighted by Gasteiger charge is 2.57. The monoisotopic (exact) mass is 630 g/mol. The normalized spacial score (nSPS) is 18.7. The summed E-state index contributed by atoms with van der Waals surface area (Å²) < 4.78 is 10.7. The maximum atomic E-state index is 12.6. The van der Waals surface area contributed by atoms with Gasteiger partial charge in [-0.2, -0.15) is 0 Å². The Morgan fingerprint density at radius 2 is 1.56 bits per heavy atom. The van der Waals surface area contributed by atoms with Gasteiger partial charge in [0, 0.05) is 18.6 Å². The second-order valence-corrected chi connectivity index (χ2v) is 11.3. The standard InChI is InChI=1S/C17H16N4O6S.C8H6O2.C6H4O/c1-8(2)13(21(26)27)19-16(25)12(18-9(3)22)17(19)28-20-14(23)10-6-4-5-7-11(10)15(20)24;9-8-7-3-1-6(2-4-7)5-10-8;1-2-5-4-6(3-1)7-5/h4-7,12-13,17H,1H2,2-3H3,(H,18,22);1-4H,5H2;1-4H. The van der Waals surface area contributed by atoms with E-state index in [4.69, 9.17) is 9.47 Å². The third-order valence-corrected chi connectivity index (χ3v) is 8.17. The van der Waals surface area contributed by atoms with Crippen LogP contribution in [-0.4, -0.2) is 61.3 Å². The van der Waals surface area contributed by atoms with E-state index in [1.54, 1.807) is 24.3 Å². The third kappa shape index (κ3) is 6.26. The average Bonchev–Trinajstić information content (AvgIpc) is 3.14. The molecule has 0 radical (unpaired) electrons. The first-order valence-electron chi connectivity index (χ1n) is 13.5. The van der Waals surface area contributed by atoms with Gasteiger partial charge in [0.05, 0.1) is 21.6 Å². The Kier molecular flexibility index (Phi) is 8.68. The number of β-lactam (4-membered cyclic amide) rings is 1. The molecular formula is C31H26N4O9S. The maximum Gasteiger partial charge on any atom is 0.338 e. The molecule has 3 unspecified atom stereocenters. The molecular weight excluding hydrogens is 604 g/mol. The number of nitrogens with zero attached hydrogens (tertiary/aromatic N) is 3. The van der Waals surface area contributed by atoms with Crippen LogP contribution in [0.25, 0.3) is 0 Å². The van der Waals surface area contributed by atoms with Crippen LogP contribution in [0.15, 0.2) is 84.9 Å². The van der Waals surface area contributed by atoms with Crippen LogP contribution in [0.3, 0.4) is 0 Å². The average molecular weight is 631 g/mol. The number of carbonyl (C=O) groups is 5. The Balaban J connectivity index is 0.000000187. The van der Waals surface area contributed by atoms with Gasteiger partial charge in [-0.25, -0.2) is 9.10 Å². The molecule has 4 amide bonds. The first kappa shape index (κ1) is 30.9. The van der Waals surface area contributed by atoms with Crippen LogP contribution in [-0.2, 0) is 20.9 Å². The lowest BCUT2D eigenvalue weighted by molar-refractivity contribution is -0.538. The number of ether oxygens (including phenoxy) is 2. The van der Waals surface area contributed by atoms with Crippen molar-refractivity contribution in [2.24, 2.45) is 0 Å². The fourth-order valence-corrected chi connectivity index (χ4v) is 5.98. The van der Waals surface area contributed by atoms with E-state index in [0.717, 1.165) is 26.3 Å². The SMILES string of the molecule is C=C(C)C(N1C(=O)C(NC(C)=O)C1SN1C(=O)c2ccccc2C1=O)[N+](=O)[O-].O=C1OCc2ccc1cc2.c1cc2cc(c1)O2. The molecule has 9 rings (SSSR count). The van der Waals surface area contributed by atoms with Gasteiger partial charge in [0.1, 0.15) is 29.5 Å². The van der Waals surface area contributed by atoms with E-state index in [1.807, 2.05) is 36.4 Å². The minimum absolute atomic E-state index is 0.104. The number of hydrogen-bond donors (Lipinski definition) is 1. The highest BCUT2D eigenvalue weighted by atomic mass is 32.2. The Morgan fingerprint density at radius 3 is 2.00 bits per heavy atom. The van der Waals surface area contributed by atoms with Crippen LogP contribution in [0.5, 0.6) is 11.5 Å². The summed E-state index contributed by atoms with van der Waals surface area (Å²) in [5.41, 5.74) is 2.21. The van der Waals surface area contributed by atoms with Crippen molar-refractivity contribution >= 4 is 41.5 Å². The quantitative estimate of drug-likeness (QED) is 0.0627. The molecule has 1 N–H and O–H groups in total. The summed E-state index contributed by atoms with van der Waals surface area (Å²) in [5, 5.41) is 12.8. The number of imide groups is 1. The molecule has 14 heteroatoms. The number of carbonyl (C=O) groups excluding carboxylic acids is 5. The number of rotatable bonds is 6. The second kappa shape index (κ2) is 12.6. The number of fused-ring (bicyclic) bond motifs is 7. The molecule has 0 spiro atoms. The number of amides is 4. The predicted molar refractivity (Wildman–Crippen MR) is 160 cm³/mol. The second-order valence-electron chi connectivity index (χ2n) is 10.2. The molecule has 13 nitrogen and oxygen atoms in total. The molecule has 3 aromatic carbocycles. The largest absolute Gasteiger partial charge is 0.457 e. The summed E-state index contributed by atoms with van der Waals surface area (Å²) in [4.78, 5) is 71.6. The van der Waals surface area contributed by atoms with Crippen molar-refractivity contribution < 1.29 is 38.4 Å². The number of hydrogen-bond acceptors (Lipinski definition) is 10. The molecule has 6 aliphatic heterocycles. The first-order chi connectivity index (χ1) is 21.5. The first-order valence-corrected chi connectivity index (χ1v) is 14.4. The Bertz CT molecular complexity index is 1670. The predicted octanol–water partition coefficient (Wildman–Crippen LogP) is 3.93. The topological polar surface area (TPSA) is 165 Å². The van der Waals surface area contributed by atoms with E-state index in [9.17, 15) is 34.1 Å². The van der Waals surface area contributed by atoms with Gasteiger partial charge in [0.25, 0.3) is 17.7 Å². The number of esters is 1. The third-order valence-electron chi connectivity index (χ3n) is 6.91. The van der Waals surface area contributed by atoms with Crippen LogP contribution < -0.4 is 10.1 Å². The van der Waals surface area contributed by atoms with E-state index < -0.39 is 46.1 Å². The number of likely N-dealkylation sites (tertiary alicyclic amines) is 1. The van der Waals surface area contributed by atoms with Crippen LogP contribution in [0.4, 0.5) is 0 Å². The molecule has 4 bridgehead atoms. The molecule has 6 heterocycles. The van der Waals surface area contributed by atoms with Crippen molar-refractivity contribution in [3.8, 4) is 11.5 Å². The van der Waals surface area contributed by atoms with Crippen LogP contribution in [0, 0.1) is 10.1 Å². The van der Waals surface area contributed by atoms with Gasteiger partial charge < -0.3 is 14.8 Å². The zero-order valence-electron chi connectivity index (χ0n) is 24.0. The molecule has 1 fully saturated rings.